The smallest absolute Gasteiger partial charge is 0.376 e. The van der Waals surface area contributed by atoms with Crippen molar-refractivity contribution in [3.63, 3.8) is 0 Å². The zero-order chi connectivity index (χ0) is 21.6. The Hall–Kier alpha value is -2.87. The Labute approximate surface area is 166 Å². The van der Waals surface area contributed by atoms with Gasteiger partial charge in [0.2, 0.25) is 0 Å². The highest BCUT2D eigenvalue weighted by molar-refractivity contribution is 5.98. The predicted octanol–water partition coefficient (Wildman–Crippen LogP) is 4.14. The lowest BCUT2D eigenvalue weighted by atomic mass is 9.92. The van der Waals surface area contributed by atoms with E-state index < -0.39 is 11.8 Å². The fourth-order valence-electron chi connectivity index (χ4n) is 3.15. The predicted molar refractivity (Wildman–Crippen MR) is 103 cm³/mol. The maximum absolute atomic E-state index is 13.1. The van der Waals surface area contributed by atoms with Crippen LogP contribution in [0.15, 0.2) is 42.6 Å². The number of fused-ring (bicyclic) bond motifs is 1. The monoisotopic (exact) mass is 405 g/mol. The summed E-state index contributed by atoms with van der Waals surface area (Å²) < 4.78 is 40.9. The Morgan fingerprint density at radius 2 is 1.79 bits per heavy atom. The largest absolute Gasteiger partial charge is 0.421 e. The second-order valence-electron chi connectivity index (χ2n) is 7.35. The molecule has 0 aliphatic rings. The van der Waals surface area contributed by atoms with E-state index in [1.165, 1.54) is 18.2 Å². The minimum atomic E-state index is -4.79. The van der Waals surface area contributed by atoms with Crippen molar-refractivity contribution in [2.24, 2.45) is 7.05 Å². The molecule has 2 N–H and O–H groups in total. The summed E-state index contributed by atoms with van der Waals surface area (Å²) in [6.07, 6.45) is -3.09. The van der Waals surface area contributed by atoms with Crippen molar-refractivity contribution in [2.75, 3.05) is 0 Å². The molecule has 2 atom stereocenters. The molecule has 8 heteroatoms. The first kappa shape index (κ1) is 20.9. The zero-order valence-corrected chi connectivity index (χ0v) is 16.5. The summed E-state index contributed by atoms with van der Waals surface area (Å²) >= 11 is 0. The average Bonchev–Trinajstić information content (AvgIpc) is 2.98. The third-order valence-corrected chi connectivity index (χ3v) is 5.30. The number of benzene rings is 2. The van der Waals surface area contributed by atoms with E-state index in [1.54, 1.807) is 29.1 Å². The van der Waals surface area contributed by atoms with Gasteiger partial charge in [-0.25, -0.2) is 0 Å². The third kappa shape index (κ3) is 3.85. The number of alkyl halides is 3. The van der Waals surface area contributed by atoms with Gasteiger partial charge in [-0.15, -0.1) is 0 Å². The van der Waals surface area contributed by atoms with Crippen molar-refractivity contribution >= 4 is 16.7 Å². The van der Waals surface area contributed by atoms with Crippen LogP contribution in [0.4, 0.5) is 13.2 Å². The van der Waals surface area contributed by atoms with Gasteiger partial charge in [-0.1, -0.05) is 18.2 Å². The standard InChI is InChI=1S/C21H22F3N3O2/c1-12(18-11-25-27(4)13(18)2)26-19(28)16-6-5-15-10-17(8-7-14(15)9-16)20(3,29)21(22,23)24/h5-12,29H,1-4H3,(H,26,28)/t12-,20-/m1/s1. The van der Waals surface area contributed by atoms with Crippen LogP contribution in [0.5, 0.6) is 0 Å². The van der Waals surface area contributed by atoms with Gasteiger partial charge in [0.05, 0.1) is 12.2 Å². The molecule has 29 heavy (non-hydrogen) atoms. The normalized spacial score (nSPS) is 15.2. The van der Waals surface area contributed by atoms with Gasteiger partial charge in [-0.3, -0.25) is 9.48 Å². The van der Waals surface area contributed by atoms with Gasteiger partial charge < -0.3 is 10.4 Å². The second-order valence-corrected chi connectivity index (χ2v) is 7.35. The number of carbonyl (C=O) groups is 1. The zero-order valence-electron chi connectivity index (χ0n) is 16.5. The molecule has 5 nitrogen and oxygen atoms in total. The van der Waals surface area contributed by atoms with E-state index in [2.05, 4.69) is 10.4 Å². The summed E-state index contributed by atoms with van der Waals surface area (Å²) in [5, 5.41) is 18.0. The summed E-state index contributed by atoms with van der Waals surface area (Å²) in [6, 6.07) is 8.45. The number of carbonyl (C=O) groups excluding carboxylic acids is 1. The van der Waals surface area contributed by atoms with Gasteiger partial charge in [-0.2, -0.15) is 18.3 Å². The van der Waals surface area contributed by atoms with Crippen LogP contribution in [-0.4, -0.2) is 27.0 Å². The van der Waals surface area contributed by atoms with Crippen LogP contribution in [0.2, 0.25) is 0 Å². The van der Waals surface area contributed by atoms with Crippen molar-refractivity contribution in [3.05, 3.63) is 65.0 Å². The molecule has 0 saturated carbocycles. The topological polar surface area (TPSA) is 67.2 Å². The summed E-state index contributed by atoms with van der Waals surface area (Å²) in [5.74, 6) is -0.297. The van der Waals surface area contributed by atoms with E-state index in [0.717, 1.165) is 18.2 Å². The minimum absolute atomic E-state index is 0.254. The summed E-state index contributed by atoms with van der Waals surface area (Å²) in [5.41, 5.74) is -0.966. The Morgan fingerprint density at radius 3 is 2.38 bits per heavy atom. The maximum atomic E-state index is 13.1. The van der Waals surface area contributed by atoms with Crippen molar-refractivity contribution in [3.8, 4) is 0 Å². The van der Waals surface area contributed by atoms with E-state index in [4.69, 9.17) is 0 Å². The molecule has 0 saturated heterocycles. The van der Waals surface area contributed by atoms with Gasteiger partial charge >= 0.3 is 6.18 Å². The van der Waals surface area contributed by atoms with Gasteiger partial charge in [0.1, 0.15) is 0 Å². The Morgan fingerprint density at radius 1 is 1.17 bits per heavy atom. The number of amides is 1. The highest BCUT2D eigenvalue weighted by Gasteiger charge is 2.51. The summed E-state index contributed by atoms with van der Waals surface area (Å²) in [4.78, 5) is 12.6. The highest BCUT2D eigenvalue weighted by Crippen LogP contribution is 2.39. The number of nitrogens with one attached hydrogen (secondary N) is 1. The van der Waals surface area contributed by atoms with E-state index in [1.807, 2.05) is 20.9 Å². The van der Waals surface area contributed by atoms with Crippen LogP contribution in [0.25, 0.3) is 10.8 Å². The van der Waals surface area contributed by atoms with E-state index >= 15 is 0 Å². The highest BCUT2D eigenvalue weighted by atomic mass is 19.4. The molecule has 0 aliphatic carbocycles. The number of aliphatic hydroxyl groups is 1. The van der Waals surface area contributed by atoms with Crippen molar-refractivity contribution < 1.29 is 23.1 Å². The van der Waals surface area contributed by atoms with Crippen LogP contribution in [0.3, 0.4) is 0 Å². The molecule has 1 heterocycles. The fourth-order valence-corrected chi connectivity index (χ4v) is 3.15. The number of aromatic nitrogens is 2. The van der Waals surface area contributed by atoms with Crippen molar-refractivity contribution in [2.45, 2.75) is 38.6 Å². The molecule has 2 aromatic carbocycles. The molecule has 3 aromatic rings. The molecule has 0 radical (unpaired) electrons. The van der Waals surface area contributed by atoms with E-state index in [9.17, 15) is 23.1 Å². The molecule has 154 valence electrons. The van der Waals surface area contributed by atoms with Crippen LogP contribution >= 0.6 is 0 Å². The first-order valence-electron chi connectivity index (χ1n) is 9.04. The van der Waals surface area contributed by atoms with Crippen molar-refractivity contribution in [1.82, 2.24) is 15.1 Å². The minimum Gasteiger partial charge on any atom is -0.376 e. The molecule has 1 aromatic heterocycles. The number of hydrogen-bond donors (Lipinski definition) is 2. The SMILES string of the molecule is Cc1c([C@@H](C)NC(=O)c2ccc3cc([C@@](C)(O)C(F)(F)F)ccc3c2)cnn1C. The van der Waals surface area contributed by atoms with Crippen molar-refractivity contribution in [1.29, 1.82) is 0 Å². The lowest BCUT2D eigenvalue weighted by molar-refractivity contribution is -0.258. The molecule has 1 amide bonds. The number of aryl methyl sites for hydroxylation is 1. The Balaban J connectivity index is 1.85. The maximum Gasteiger partial charge on any atom is 0.421 e. The summed E-state index contributed by atoms with van der Waals surface area (Å²) in [7, 11) is 1.82. The number of nitrogens with zero attached hydrogens (tertiary/aromatic N) is 2. The first-order valence-corrected chi connectivity index (χ1v) is 9.04. The molecular formula is C21H22F3N3O2. The molecule has 0 fully saturated rings. The fraction of sp³-hybridized carbons (Fsp3) is 0.333. The molecule has 0 aliphatic heterocycles. The molecule has 0 spiro atoms. The average molecular weight is 405 g/mol. The lowest BCUT2D eigenvalue weighted by Crippen LogP contribution is -2.39. The first-order chi connectivity index (χ1) is 13.4. The number of hydrogen-bond acceptors (Lipinski definition) is 3. The van der Waals surface area contributed by atoms with Crippen LogP contribution in [0.1, 0.15) is 47.1 Å². The van der Waals surface area contributed by atoms with Gasteiger partial charge in [-0.05, 0) is 55.3 Å². The molecule has 0 unspecified atom stereocenters. The van der Waals surface area contributed by atoms with Crippen LogP contribution < -0.4 is 5.32 Å². The van der Waals surface area contributed by atoms with Gasteiger partial charge in [0.15, 0.2) is 5.60 Å². The Bertz CT molecular complexity index is 1070. The quantitative estimate of drug-likeness (QED) is 0.686. The third-order valence-electron chi connectivity index (χ3n) is 5.30. The van der Waals surface area contributed by atoms with E-state index in [0.29, 0.717) is 16.3 Å². The number of rotatable bonds is 4. The lowest BCUT2D eigenvalue weighted by Gasteiger charge is -2.27. The molecule has 0 bridgehead atoms. The summed E-state index contributed by atoms with van der Waals surface area (Å²) in [6.45, 7) is 4.49. The molecule has 3 rings (SSSR count). The van der Waals surface area contributed by atoms with Crippen LogP contribution in [-0.2, 0) is 12.6 Å². The second kappa shape index (κ2) is 7.18. The van der Waals surface area contributed by atoms with Gasteiger partial charge in [0.25, 0.3) is 5.91 Å². The Kier molecular flexibility index (Phi) is 5.17. The molecular weight excluding hydrogens is 383 g/mol. The van der Waals surface area contributed by atoms with E-state index in [-0.39, 0.29) is 17.5 Å². The number of halogens is 3. The van der Waals surface area contributed by atoms with Crippen LogP contribution in [0, 0.1) is 6.92 Å². The van der Waals surface area contributed by atoms with Gasteiger partial charge in [0, 0.05) is 23.9 Å².